The van der Waals surface area contributed by atoms with Gasteiger partial charge < -0.3 is 10.6 Å². The van der Waals surface area contributed by atoms with E-state index in [1.807, 2.05) is 13.8 Å². The number of nitrogens with zero attached hydrogens (tertiary/aromatic N) is 2. The van der Waals surface area contributed by atoms with Crippen molar-refractivity contribution in [3.63, 3.8) is 0 Å². The Morgan fingerprint density at radius 3 is 2.56 bits per heavy atom. The van der Waals surface area contributed by atoms with Gasteiger partial charge in [0, 0.05) is 23.6 Å². The number of rotatable bonds is 2. The summed E-state index contributed by atoms with van der Waals surface area (Å²) in [6.07, 6.45) is 0.716. The maximum Gasteiger partial charge on any atom is 0.262 e. The summed E-state index contributed by atoms with van der Waals surface area (Å²) >= 11 is 3.29. The van der Waals surface area contributed by atoms with Crippen LogP contribution in [0.4, 0.5) is 0 Å². The van der Waals surface area contributed by atoms with E-state index in [-0.39, 0.29) is 36.3 Å². The van der Waals surface area contributed by atoms with Crippen LogP contribution in [-0.2, 0) is 4.79 Å². The van der Waals surface area contributed by atoms with Gasteiger partial charge in [-0.1, -0.05) is 29.8 Å². The van der Waals surface area contributed by atoms with Gasteiger partial charge in [0.05, 0.1) is 11.1 Å². The van der Waals surface area contributed by atoms with Crippen LogP contribution in [0.3, 0.4) is 0 Å². The fourth-order valence-corrected chi connectivity index (χ4v) is 3.59. The fraction of sp³-hybridized carbons (Fsp3) is 0.471. The second-order valence-electron chi connectivity index (χ2n) is 7.09. The molecule has 0 aliphatic carbocycles. The number of amides is 3. The molecule has 2 heterocycles. The van der Waals surface area contributed by atoms with Crippen LogP contribution in [-0.4, -0.2) is 53.2 Å². The van der Waals surface area contributed by atoms with Gasteiger partial charge >= 0.3 is 0 Å². The molecule has 136 valence electrons. The molecular weight excluding hydrogens is 410 g/mol. The van der Waals surface area contributed by atoms with Gasteiger partial charge in [-0.2, -0.15) is 0 Å². The Hall–Kier alpha value is -1.44. The first kappa shape index (κ1) is 19.9. The minimum Gasteiger partial charge on any atom is -0.340 e. The first-order chi connectivity index (χ1) is 11.2. The number of piperidine rings is 1. The van der Waals surface area contributed by atoms with Gasteiger partial charge in [-0.25, -0.2) is 0 Å². The highest BCUT2D eigenvalue weighted by atomic mass is 79.9. The van der Waals surface area contributed by atoms with E-state index in [1.54, 1.807) is 23.1 Å². The molecule has 2 N–H and O–H groups in total. The summed E-state index contributed by atoms with van der Waals surface area (Å²) in [4.78, 5) is 40.2. The Labute approximate surface area is 161 Å². The van der Waals surface area contributed by atoms with E-state index in [4.69, 9.17) is 5.73 Å². The van der Waals surface area contributed by atoms with Crippen molar-refractivity contribution in [3.05, 3.63) is 33.8 Å². The zero-order valence-corrected chi connectivity index (χ0v) is 16.5. The quantitative estimate of drug-likeness (QED) is 0.728. The predicted octanol–water partition coefficient (Wildman–Crippen LogP) is 2.05. The number of hydrogen-bond acceptors (Lipinski definition) is 4. The lowest BCUT2D eigenvalue weighted by molar-refractivity contribution is -0.134. The molecule has 1 saturated heterocycles. The number of hydrogen-bond donors (Lipinski definition) is 1. The Kier molecular flexibility index (Phi) is 5.61. The van der Waals surface area contributed by atoms with Gasteiger partial charge in [0.2, 0.25) is 5.91 Å². The number of benzene rings is 1. The summed E-state index contributed by atoms with van der Waals surface area (Å²) in [5, 5.41) is 0. The molecule has 0 spiro atoms. The smallest absolute Gasteiger partial charge is 0.262 e. The summed E-state index contributed by atoms with van der Waals surface area (Å²) in [6.45, 7) is 4.91. The van der Waals surface area contributed by atoms with Crippen LogP contribution >= 0.6 is 28.3 Å². The second kappa shape index (κ2) is 7.05. The molecule has 25 heavy (non-hydrogen) atoms. The van der Waals surface area contributed by atoms with Crippen LogP contribution in [0.25, 0.3) is 0 Å². The minimum atomic E-state index is -0.419. The van der Waals surface area contributed by atoms with Crippen molar-refractivity contribution in [2.45, 2.75) is 26.3 Å². The van der Waals surface area contributed by atoms with Crippen molar-refractivity contribution in [1.29, 1.82) is 0 Å². The van der Waals surface area contributed by atoms with E-state index < -0.39 is 11.8 Å². The summed E-state index contributed by atoms with van der Waals surface area (Å²) in [5.74, 6) is -1.05. The average Bonchev–Trinajstić information content (AvgIpc) is 2.74. The number of likely N-dealkylation sites (tertiary alicyclic amines) is 1. The van der Waals surface area contributed by atoms with Gasteiger partial charge in [0.25, 0.3) is 11.8 Å². The molecule has 1 aromatic carbocycles. The molecule has 8 heteroatoms. The van der Waals surface area contributed by atoms with Crippen LogP contribution in [0.2, 0.25) is 0 Å². The van der Waals surface area contributed by atoms with Crippen LogP contribution in [0, 0.1) is 5.41 Å². The van der Waals surface area contributed by atoms with E-state index in [9.17, 15) is 14.4 Å². The highest BCUT2D eigenvalue weighted by molar-refractivity contribution is 9.10. The van der Waals surface area contributed by atoms with E-state index >= 15 is 0 Å². The van der Waals surface area contributed by atoms with Crippen molar-refractivity contribution < 1.29 is 14.4 Å². The number of halogens is 2. The third kappa shape index (κ3) is 3.59. The molecule has 0 saturated carbocycles. The highest BCUT2D eigenvalue weighted by Crippen LogP contribution is 2.29. The number of carbonyl (C=O) groups is 3. The standard InChI is InChI=1S/C17H20BrN3O3.ClH/c1-17(2)9-20(6-5-13(17)19)14(22)8-21-15(23)11-4-3-10(18)7-12(11)16(21)24;/h3-4,7,13H,5-6,8-9,19H2,1-2H3;1H. The third-order valence-corrected chi connectivity index (χ3v) is 5.38. The summed E-state index contributed by atoms with van der Waals surface area (Å²) in [6, 6.07) is 4.97. The minimum absolute atomic E-state index is 0. The largest absolute Gasteiger partial charge is 0.340 e. The van der Waals surface area contributed by atoms with Crippen molar-refractivity contribution in [2.75, 3.05) is 19.6 Å². The van der Waals surface area contributed by atoms with Crippen molar-refractivity contribution in [1.82, 2.24) is 9.80 Å². The first-order valence-corrected chi connectivity index (χ1v) is 8.69. The zero-order valence-electron chi connectivity index (χ0n) is 14.1. The number of fused-ring (bicyclic) bond motifs is 1. The SMILES string of the molecule is CC1(C)CN(C(=O)CN2C(=O)c3ccc(Br)cc3C2=O)CCC1N.Cl. The molecule has 6 nitrogen and oxygen atoms in total. The lowest BCUT2D eigenvalue weighted by Crippen LogP contribution is -2.55. The van der Waals surface area contributed by atoms with Crippen LogP contribution in [0.5, 0.6) is 0 Å². The molecule has 1 unspecified atom stereocenters. The molecule has 2 aliphatic heterocycles. The van der Waals surface area contributed by atoms with Crippen LogP contribution in [0.1, 0.15) is 41.0 Å². The molecule has 2 aliphatic rings. The van der Waals surface area contributed by atoms with Crippen molar-refractivity contribution >= 4 is 46.1 Å². The van der Waals surface area contributed by atoms with Crippen molar-refractivity contribution in [2.24, 2.45) is 11.1 Å². The molecule has 1 fully saturated rings. The van der Waals surface area contributed by atoms with E-state index in [0.29, 0.717) is 30.6 Å². The molecular formula is C17H21BrClN3O3. The lowest BCUT2D eigenvalue weighted by Gasteiger charge is -2.42. The summed E-state index contributed by atoms with van der Waals surface area (Å²) in [7, 11) is 0. The summed E-state index contributed by atoms with van der Waals surface area (Å²) in [5.41, 5.74) is 6.59. The lowest BCUT2D eigenvalue weighted by atomic mass is 9.79. The van der Waals surface area contributed by atoms with Crippen LogP contribution in [0.15, 0.2) is 22.7 Å². The maximum absolute atomic E-state index is 12.6. The fourth-order valence-electron chi connectivity index (χ4n) is 3.23. The topological polar surface area (TPSA) is 83.7 Å². The first-order valence-electron chi connectivity index (χ1n) is 7.90. The van der Waals surface area contributed by atoms with E-state index in [2.05, 4.69) is 15.9 Å². The monoisotopic (exact) mass is 429 g/mol. The normalized spacial score (nSPS) is 21.8. The maximum atomic E-state index is 12.6. The molecule has 3 amide bonds. The second-order valence-corrected chi connectivity index (χ2v) is 8.00. The number of carbonyl (C=O) groups excluding carboxylic acids is 3. The predicted molar refractivity (Wildman–Crippen MR) is 99.7 cm³/mol. The van der Waals surface area contributed by atoms with Gasteiger partial charge in [-0.15, -0.1) is 12.4 Å². The van der Waals surface area contributed by atoms with Gasteiger partial charge in [0.15, 0.2) is 0 Å². The zero-order chi connectivity index (χ0) is 17.6. The van der Waals surface area contributed by atoms with Gasteiger partial charge in [-0.05, 0) is 30.0 Å². The molecule has 1 aromatic rings. The third-order valence-electron chi connectivity index (χ3n) is 4.89. The molecule has 1 atom stereocenters. The number of imide groups is 1. The Bertz CT molecular complexity index is 738. The Morgan fingerprint density at radius 2 is 1.92 bits per heavy atom. The number of nitrogens with two attached hydrogens (primary N) is 1. The Balaban J connectivity index is 0.00000225. The van der Waals surface area contributed by atoms with Crippen LogP contribution < -0.4 is 5.73 Å². The van der Waals surface area contributed by atoms with Gasteiger partial charge in [-0.3, -0.25) is 19.3 Å². The van der Waals surface area contributed by atoms with E-state index in [1.165, 1.54) is 0 Å². The average molecular weight is 431 g/mol. The molecule has 0 radical (unpaired) electrons. The Morgan fingerprint density at radius 1 is 1.28 bits per heavy atom. The van der Waals surface area contributed by atoms with Crippen molar-refractivity contribution in [3.8, 4) is 0 Å². The highest BCUT2D eigenvalue weighted by Gasteiger charge is 2.40. The van der Waals surface area contributed by atoms with Gasteiger partial charge in [0.1, 0.15) is 6.54 Å². The molecule has 3 rings (SSSR count). The summed E-state index contributed by atoms with van der Waals surface area (Å²) < 4.78 is 0.724. The van der Waals surface area contributed by atoms with E-state index in [0.717, 1.165) is 9.37 Å². The molecule has 0 aromatic heterocycles. The molecule has 0 bridgehead atoms.